The first kappa shape index (κ1) is 29.0. The molecule has 0 aliphatic carbocycles. The van der Waals surface area contributed by atoms with Crippen LogP contribution in [0.4, 0.5) is 11.4 Å². The number of carbonyl (C=O) groups excluding carboxylic acids is 2. The molecule has 10 heteroatoms. The Morgan fingerprint density at radius 1 is 1.00 bits per heavy atom. The Balaban J connectivity index is 1.58. The third kappa shape index (κ3) is 5.50. The van der Waals surface area contributed by atoms with Crippen LogP contribution in [0.5, 0.6) is 0 Å². The van der Waals surface area contributed by atoms with E-state index in [1.807, 2.05) is 55.5 Å². The average molecular weight is 584 g/mol. The molecule has 0 bridgehead atoms. The third-order valence-corrected chi connectivity index (χ3v) is 7.79. The number of methoxy groups -OCH3 is 2. The van der Waals surface area contributed by atoms with Gasteiger partial charge in [-0.3, -0.25) is 9.78 Å². The summed E-state index contributed by atoms with van der Waals surface area (Å²) >= 11 is 5.93. The van der Waals surface area contributed by atoms with Gasteiger partial charge < -0.3 is 29.6 Å². The summed E-state index contributed by atoms with van der Waals surface area (Å²) in [5.74, 6) is -0.589. The van der Waals surface area contributed by atoms with Crippen molar-refractivity contribution in [3.63, 3.8) is 0 Å². The number of pyridine rings is 1. The molecule has 2 aromatic heterocycles. The molecule has 1 aliphatic rings. The van der Waals surface area contributed by atoms with Crippen molar-refractivity contribution in [3.05, 3.63) is 107 Å². The first-order chi connectivity index (χ1) is 20.2. The fourth-order valence-electron chi connectivity index (χ4n) is 5.55. The number of hydrogen-bond donors (Lipinski definition) is 2. The van der Waals surface area contributed by atoms with Gasteiger partial charge in [0.2, 0.25) is 5.91 Å². The summed E-state index contributed by atoms with van der Waals surface area (Å²) in [4.78, 5) is 30.9. The van der Waals surface area contributed by atoms with E-state index in [0.717, 1.165) is 39.6 Å². The lowest BCUT2D eigenvalue weighted by atomic mass is 9.96. The van der Waals surface area contributed by atoms with E-state index in [4.69, 9.17) is 21.7 Å². The van der Waals surface area contributed by atoms with E-state index in [9.17, 15) is 9.59 Å². The van der Waals surface area contributed by atoms with Gasteiger partial charge in [0, 0.05) is 41.8 Å². The lowest BCUT2D eigenvalue weighted by Gasteiger charge is -2.29. The topological polar surface area (TPSA) is 97.7 Å². The van der Waals surface area contributed by atoms with Gasteiger partial charge in [-0.1, -0.05) is 6.07 Å². The normalized spacial score (nSPS) is 16.3. The van der Waals surface area contributed by atoms with Crippen LogP contribution in [0.15, 0.2) is 72.9 Å². The number of rotatable bonds is 8. The van der Waals surface area contributed by atoms with Gasteiger partial charge in [-0.2, -0.15) is 0 Å². The van der Waals surface area contributed by atoms with Gasteiger partial charge in [0.1, 0.15) is 6.61 Å². The number of esters is 1. The van der Waals surface area contributed by atoms with E-state index < -0.39 is 0 Å². The smallest absolute Gasteiger partial charge is 0.337 e. The Morgan fingerprint density at radius 2 is 1.74 bits per heavy atom. The van der Waals surface area contributed by atoms with Crippen LogP contribution in [0.25, 0.3) is 5.69 Å². The van der Waals surface area contributed by atoms with E-state index >= 15 is 0 Å². The summed E-state index contributed by atoms with van der Waals surface area (Å²) in [6.07, 6.45) is 1.79. The van der Waals surface area contributed by atoms with Crippen LogP contribution in [0, 0.1) is 20.8 Å². The summed E-state index contributed by atoms with van der Waals surface area (Å²) < 4.78 is 12.0. The summed E-state index contributed by atoms with van der Waals surface area (Å²) in [6.45, 7) is 6.09. The maximum absolute atomic E-state index is 12.1. The number of aromatic nitrogens is 2. The number of nitrogens with one attached hydrogen (secondary N) is 2. The number of anilines is 2. The molecule has 5 rings (SSSR count). The predicted molar refractivity (Wildman–Crippen MR) is 166 cm³/mol. The number of ether oxygens (including phenoxy) is 2. The molecule has 9 nitrogen and oxygen atoms in total. The minimum absolute atomic E-state index is 0.0177. The number of aryl methyl sites for hydroxylation is 2. The van der Waals surface area contributed by atoms with Gasteiger partial charge in [-0.25, -0.2) is 4.79 Å². The van der Waals surface area contributed by atoms with Crippen molar-refractivity contribution in [1.82, 2.24) is 14.9 Å². The number of hydrogen-bond acceptors (Lipinski definition) is 6. The molecule has 216 valence electrons. The second-order valence-corrected chi connectivity index (χ2v) is 10.6. The molecule has 0 radical (unpaired) electrons. The summed E-state index contributed by atoms with van der Waals surface area (Å²) in [6, 6.07) is 20.9. The molecule has 2 N–H and O–H groups in total. The molecule has 2 atom stereocenters. The van der Waals surface area contributed by atoms with Crippen molar-refractivity contribution in [2.24, 2.45) is 0 Å². The Kier molecular flexibility index (Phi) is 8.37. The number of carbonyl (C=O) groups is 2. The Morgan fingerprint density at radius 3 is 2.38 bits per heavy atom. The molecule has 4 aromatic rings. The third-order valence-electron chi connectivity index (χ3n) is 7.47. The van der Waals surface area contributed by atoms with Crippen LogP contribution in [0.3, 0.4) is 0 Å². The van der Waals surface area contributed by atoms with Gasteiger partial charge in [-0.15, -0.1) is 0 Å². The van der Waals surface area contributed by atoms with Crippen LogP contribution in [0.2, 0.25) is 0 Å². The van der Waals surface area contributed by atoms with Crippen molar-refractivity contribution >= 4 is 40.6 Å². The minimum atomic E-state index is -0.373. The molecule has 1 fully saturated rings. The maximum atomic E-state index is 12.1. The minimum Gasteiger partial charge on any atom is -0.465 e. The zero-order chi connectivity index (χ0) is 30.0. The highest BCUT2D eigenvalue weighted by atomic mass is 32.1. The largest absolute Gasteiger partial charge is 0.465 e. The number of nitrogens with zero attached hydrogens (tertiary/aromatic N) is 3. The zero-order valence-corrected chi connectivity index (χ0v) is 25.0. The van der Waals surface area contributed by atoms with Gasteiger partial charge in [0.25, 0.3) is 0 Å². The molecule has 0 unspecified atom stereocenters. The molecular weight excluding hydrogens is 550 g/mol. The monoisotopic (exact) mass is 583 g/mol. The number of amides is 1. The van der Waals surface area contributed by atoms with Crippen molar-refractivity contribution in [2.75, 3.05) is 31.0 Å². The summed E-state index contributed by atoms with van der Waals surface area (Å²) in [5.41, 5.74) is 7.98. The quantitative estimate of drug-likeness (QED) is 0.212. The van der Waals surface area contributed by atoms with Gasteiger partial charge >= 0.3 is 5.97 Å². The van der Waals surface area contributed by atoms with E-state index in [1.54, 1.807) is 18.3 Å². The Hall–Kier alpha value is -4.54. The molecule has 1 saturated heterocycles. The SMILES string of the molecule is COCC(=O)Nc1ccc(N2C(=S)N[C@H](c3ccccn3)[C@@H]2c2cc(C)n(-c3ccc(C(=O)OC)cc3)c2C)cc1C. The Bertz CT molecular complexity index is 1630. The molecule has 1 amide bonds. The zero-order valence-electron chi connectivity index (χ0n) is 24.2. The van der Waals surface area contributed by atoms with Gasteiger partial charge in [0.15, 0.2) is 5.11 Å². The maximum Gasteiger partial charge on any atom is 0.337 e. The van der Waals surface area contributed by atoms with E-state index in [-0.39, 0.29) is 30.6 Å². The van der Waals surface area contributed by atoms with Gasteiger partial charge in [-0.05, 0) is 105 Å². The van der Waals surface area contributed by atoms with Crippen LogP contribution in [0.1, 0.15) is 50.7 Å². The van der Waals surface area contributed by atoms with Crippen molar-refractivity contribution in [2.45, 2.75) is 32.9 Å². The van der Waals surface area contributed by atoms with Crippen LogP contribution in [-0.2, 0) is 14.3 Å². The first-order valence-electron chi connectivity index (χ1n) is 13.5. The van der Waals surface area contributed by atoms with Crippen molar-refractivity contribution < 1.29 is 19.1 Å². The van der Waals surface area contributed by atoms with Crippen LogP contribution >= 0.6 is 12.2 Å². The molecular formula is C32H33N5O4S. The molecule has 42 heavy (non-hydrogen) atoms. The average Bonchev–Trinajstić information content (AvgIpc) is 3.49. The molecule has 2 aromatic carbocycles. The highest BCUT2D eigenvalue weighted by Gasteiger charge is 2.42. The highest BCUT2D eigenvalue weighted by Crippen LogP contribution is 2.44. The molecule has 0 spiro atoms. The second kappa shape index (κ2) is 12.1. The Labute approximate surface area is 250 Å². The summed E-state index contributed by atoms with van der Waals surface area (Å²) in [5, 5.41) is 7.00. The fraction of sp³-hybridized carbons (Fsp3) is 0.250. The van der Waals surface area contributed by atoms with E-state index in [0.29, 0.717) is 16.4 Å². The van der Waals surface area contributed by atoms with Crippen LogP contribution < -0.4 is 15.5 Å². The highest BCUT2D eigenvalue weighted by molar-refractivity contribution is 7.80. The first-order valence-corrected chi connectivity index (χ1v) is 13.9. The fourth-order valence-corrected chi connectivity index (χ4v) is 5.90. The van der Waals surface area contributed by atoms with Crippen molar-refractivity contribution in [1.29, 1.82) is 0 Å². The summed E-state index contributed by atoms with van der Waals surface area (Å²) in [7, 11) is 2.86. The second-order valence-electron chi connectivity index (χ2n) is 10.2. The predicted octanol–water partition coefficient (Wildman–Crippen LogP) is 5.35. The van der Waals surface area contributed by atoms with E-state index in [1.165, 1.54) is 14.2 Å². The van der Waals surface area contributed by atoms with Crippen LogP contribution in [-0.4, -0.2) is 47.4 Å². The molecule has 3 heterocycles. The lowest BCUT2D eigenvalue weighted by Crippen LogP contribution is -2.29. The number of benzene rings is 2. The van der Waals surface area contributed by atoms with E-state index in [2.05, 4.69) is 45.0 Å². The standard InChI is InChI=1S/C32H33N5O4S/c1-19-16-24(13-14-26(19)34-28(38)18-40-4)37-30(29(35-32(37)42)27-8-6-7-15-33-27)25-17-20(2)36(21(25)3)23-11-9-22(10-12-23)31(39)41-5/h6-17,29-30H,18H2,1-5H3,(H,34,38)(H,35,42)/t29-,30+/m1/s1. The lowest BCUT2D eigenvalue weighted by molar-refractivity contribution is -0.119. The number of thiocarbonyl (C=S) groups is 1. The molecule has 0 saturated carbocycles. The molecule has 1 aliphatic heterocycles. The van der Waals surface area contributed by atoms with Crippen molar-refractivity contribution in [3.8, 4) is 5.69 Å². The van der Waals surface area contributed by atoms with Gasteiger partial charge in [0.05, 0.1) is 30.5 Å².